The highest BCUT2D eigenvalue weighted by Crippen LogP contribution is 2.41. The minimum absolute atomic E-state index is 0.109. The van der Waals surface area contributed by atoms with Gasteiger partial charge in [0, 0.05) is 16.8 Å². The van der Waals surface area contributed by atoms with Gasteiger partial charge in [-0.15, -0.1) is 0 Å². The molecule has 208 valence electrons. The van der Waals surface area contributed by atoms with Gasteiger partial charge in [0.05, 0.1) is 24.3 Å². The Hall–Kier alpha value is -3.85. The van der Waals surface area contributed by atoms with Gasteiger partial charge in [0.25, 0.3) is 0 Å². The second-order valence-corrected chi connectivity index (χ2v) is 10.2. The molecule has 0 aromatic heterocycles. The molecule has 39 heavy (non-hydrogen) atoms. The van der Waals surface area contributed by atoms with Crippen molar-refractivity contribution in [2.24, 2.45) is 5.92 Å². The van der Waals surface area contributed by atoms with Gasteiger partial charge in [-0.2, -0.15) is 0 Å². The number of anilines is 2. The van der Waals surface area contributed by atoms with Crippen LogP contribution in [0.25, 0.3) is 0 Å². The third-order valence-corrected chi connectivity index (χ3v) is 7.51. The first kappa shape index (κ1) is 28.2. The third kappa shape index (κ3) is 6.78. The highest BCUT2D eigenvalue weighted by atomic mass is 16.5. The van der Waals surface area contributed by atoms with E-state index in [1.807, 2.05) is 38.1 Å². The van der Waals surface area contributed by atoms with Crippen molar-refractivity contribution in [3.05, 3.63) is 64.2 Å². The van der Waals surface area contributed by atoms with Crippen molar-refractivity contribution < 1.29 is 29.0 Å². The highest BCUT2D eigenvalue weighted by molar-refractivity contribution is 6.08. The number of cyclic esters (lactones) is 1. The predicted octanol–water partition coefficient (Wildman–Crippen LogP) is 5.38. The molecular weight excluding hydrogens is 498 g/mol. The minimum Gasteiger partial charge on any atom is -0.496 e. The van der Waals surface area contributed by atoms with Gasteiger partial charge in [0.1, 0.15) is 12.4 Å². The van der Waals surface area contributed by atoms with Crippen molar-refractivity contribution in [1.29, 1.82) is 0 Å². The smallest absolute Gasteiger partial charge is 0.341 e. The number of hydrogen-bond donors (Lipinski definition) is 3. The Morgan fingerprint density at radius 1 is 1.18 bits per heavy atom. The van der Waals surface area contributed by atoms with E-state index in [4.69, 9.17) is 9.47 Å². The van der Waals surface area contributed by atoms with E-state index in [0.717, 1.165) is 30.8 Å². The second-order valence-electron chi connectivity index (χ2n) is 10.2. The van der Waals surface area contributed by atoms with E-state index in [-0.39, 0.29) is 6.61 Å². The summed E-state index contributed by atoms with van der Waals surface area (Å²) in [5, 5.41) is 15.5. The summed E-state index contributed by atoms with van der Waals surface area (Å²) in [6, 6.07) is 8.52. The maximum atomic E-state index is 13.0. The lowest BCUT2D eigenvalue weighted by molar-refractivity contribution is -0.142. The molecule has 2 aromatic rings. The molecule has 9 heteroatoms. The van der Waals surface area contributed by atoms with Crippen LogP contribution >= 0.6 is 0 Å². The van der Waals surface area contributed by atoms with Crippen molar-refractivity contribution >= 4 is 29.3 Å². The zero-order valence-corrected chi connectivity index (χ0v) is 22.8. The van der Waals surface area contributed by atoms with Crippen LogP contribution in [0.5, 0.6) is 5.75 Å². The number of hydrogen-bond acceptors (Lipinski definition) is 6. The molecule has 0 bridgehead atoms. The Morgan fingerprint density at radius 3 is 2.56 bits per heavy atom. The van der Waals surface area contributed by atoms with Crippen LogP contribution in [0.2, 0.25) is 0 Å². The van der Waals surface area contributed by atoms with Crippen LogP contribution in [0.4, 0.5) is 16.2 Å². The molecule has 1 atom stereocenters. The number of aliphatic carboxylic acids is 1. The number of carboxylic acid groups (broad SMARTS) is 1. The topological polar surface area (TPSA) is 117 Å². The number of rotatable bonds is 11. The maximum Gasteiger partial charge on any atom is 0.341 e. The monoisotopic (exact) mass is 535 g/mol. The van der Waals surface area contributed by atoms with Crippen molar-refractivity contribution in [3.63, 3.8) is 0 Å². The molecule has 2 amide bonds. The number of nitrogens with zero attached hydrogens (tertiary/aromatic N) is 1. The van der Waals surface area contributed by atoms with Crippen LogP contribution in [0.15, 0.2) is 42.0 Å². The Balaban J connectivity index is 1.59. The van der Waals surface area contributed by atoms with E-state index in [2.05, 4.69) is 15.5 Å². The lowest BCUT2D eigenvalue weighted by Gasteiger charge is -2.20. The largest absolute Gasteiger partial charge is 0.496 e. The van der Waals surface area contributed by atoms with Gasteiger partial charge in [-0.1, -0.05) is 29.8 Å². The Morgan fingerprint density at radius 2 is 1.90 bits per heavy atom. The van der Waals surface area contributed by atoms with Gasteiger partial charge in [0.15, 0.2) is 0 Å². The molecule has 3 N–H and O–H groups in total. The number of fused-ring (bicyclic) bond motifs is 1. The summed E-state index contributed by atoms with van der Waals surface area (Å²) in [5.74, 6) is -1.21. The lowest BCUT2D eigenvalue weighted by atomic mass is 9.92. The SMILES string of the molecule is COc1c(C)c2c(c(NC(=O)Nc3ccccc3)c1C/C=C(\C)CC(CCN1CCCC1)C(=O)O)C(=O)OC2. The van der Waals surface area contributed by atoms with E-state index < -0.39 is 23.9 Å². The summed E-state index contributed by atoms with van der Waals surface area (Å²) in [7, 11) is 1.55. The summed E-state index contributed by atoms with van der Waals surface area (Å²) in [6.07, 6.45) is 5.67. The number of methoxy groups -OCH3 is 1. The number of likely N-dealkylation sites (tertiary alicyclic amines) is 1. The minimum atomic E-state index is -0.796. The van der Waals surface area contributed by atoms with E-state index in [9.17, 15) is 19.5 Å². The molecule has 0 saturated carbocycles. The Bertz CT molecular complexity index is 1250. The molecule has 2 aromatic carbocycles. The molecule has 4 rings (SSSR count). The van der Waals surface area contributed by atoms with Crippen molar-refractivity contribution in [2.45, 2.75) is 52.6 Å². The number of ether oxygens (including phenoxy) is 2. The van der Waals surface area contributed by atoms with Gasteiger partial charge < -0.3 is 30.1 Å². The fourth-order valence-corrected chi connectivity index (χ4v) is 5.39. The Kier molecular flexibility index (Phi) is 9.24. The number of allylic oxidation sites excluding steroid dienone is 2. The second kappa shape index (κ2) is 12.8. The first-order valence-corrected chi connectivity index (χ1v) is 13.4. The van der Waals surface area contributed by atoms with E-state index in [1.54, 1.807) is 19.2 Å². The molecule has 1 saturated heterocycles. The van der Waals surface area contributed by atoms with Crippen LogP contribution < -0.4 is 15.4 Å². The highest BCUT2D eigenvalue weighted by Gasteiger charge is 2.33. The number of benzene rings is 2. The number of carboxylic acids is 1. The van der Waals surface area contributed by atoms with Crippen molar-refractivity contribution in [2.75, 3.05) is 37.4 Å². The van der Waals surface area contributed by atoms with E-state index in [0.29, 0.717) is 53.1 Å². The summed E-state index contributed by atoms with van der Waals surface area (Å²) < 4.78 is 11.1. The molecule has 2 aliphatic rings. The molecule has 0 aliphatic carbocycles. The van der Waals surface area contributed by atoms with E-state index in [1.165, 1.54) is 12.8 Å². The zero-order chi connectivity index (χ0) is 27.9. The maximum absolute atomic E-state index is 13.0. The van der Waals surface area contributed by atoms with E-state index >= 15 is 0 Å². The quantitative estimate of drug-likeness (QED) is 0.261. The molecule has 0 spiro atoms. The standard InChI is InChI=1S/C30H37N3O6/c1-19(17-21(28(34)35)13-16-33-14-7-8-15-33)11-12-23-26(32-30(37)31-22-9-5-4-6-10-22)25-24(18-39-29(25)36)20(2)27(23)38-3/h4-6,9-11,21H,7-8,12-18H2,1-3H3,(H,34,35)(H2,31,32,37)/b19-11+. The fourth-order valence-electron chi connectivity index (χ4n) is 5.39. The molecule has 9 nitrogen and oxygen atoms in total. The summed E-state index contributed by atoms with van der Waals surface area (Å²) >= 11 is 0. The molecule has 2 heterocycles. The van der Waals surface area contributed by atoms with Gasteiger partial charge in [-0.25, -0.2) is 9.59 Å². The van der Waals surface area contributed by atoms with Crippen molar-refractivity contribution in [3.8, 4) is 5.75 Å². The zero-order valence-electron chi connectivity index (χ0n) is 22.8. The summed E-state index contributed by atoms with van der Waals surface area (Å²) in [5.41, 5.74) is 4.30. The normalized spacial score (nSPS) is 16.0. The average molecular weight is 536 g/mol. The number of carbonyl (C=O) groups is 3. The number of para-hydroxylation sites is 1. The number of urea groups is 1. The van der Waals surface area contributed by atoms with Gasteiger partial charge in [-0.3, -0.25) is 4.79 Å². The average Bonchev–Trinajstić information content (AvgIpc) is 3.57. The number of carbonyl (C=O) groups excluding carboxylic acids is 2. The molecule has 0 radical (unpaired) electrons. The first-order valence-electron chi connectivity index (χ1n) is 13.4. The summed E-state index contributed by atoms with van der Waals surface area (Å²) in [6.45, 7) is 6.75. The molecule has 2 aliphatic heterocycles. The molecule has 1 fully saturated rings. The van der Waals surface area contributed by atoms with Crippen LogP contribution in [0.1, 0.15) is 59.7 Å². The number of esters is 1. The fraction of sp³-hybridized carbons (Fsp3) is 0.433. The third-order valence-electron chi connectivity index (χ3n) is 7.51. The molecule has 1 unspecified atom stereocenters. The van der Waals surface area contributed by atoms with Gasteiger partial charge in [-0.05, 0) is 83.3 Å². The van der Waals surface area contributed by atoms with Crippen molar-refractivity contribution in [1.82, 2.24) is 4.90 Å². The Labute approximate surface area is 229 Å². The molecular formula is C30H37N3O6. The van der Waals surface area contributed by atoms with Gasteiger partial charge >= 0.3 is 18.0 Å². The summed E-state index contributed by atoms with van der Waals surface area (Å²) in [4.78, 5) is 40.0. The van der Waals surface area contributed by atoms with Crippen LogP contribution in [-0.2, 0) is 22.6 Å². The van der Waals surface area contributed by atoms with Crippen LogP contribution in [0, 0.1) is 12.8 Å². The predicted molar refractivity (Wildman–Crippen MR) is 149 cm³/mol. The van der Waals surface area contributed by atoms with Crippen LogP contribution in [0.3, 0.4) is 0 Å². The lowest BCUT2D eigenvalue weighted by Crippen LogP contribution is -2.25. The number of nitrogens with one attached hydrogen (secondary N) is 2. The van der Waals surface area contributed by atoms with Gasteiger partial charge in [0.2, 0.25) is 0 Å². The number of amides is 2. The van der Waals surface area contributed by atoms with Crippen LogP contribution in [-0.4, -0.2) is 54.7 Å². The first-order chi connectivity index (χ1) is 18.8.